The maximum Gasteiger partial charge on any atom is 0.123 e. The Kier molecular flexibility index (Phi) is 5.38. The molecule has 1 aromatic rings. The maximum atomic E-state index is 13.6. The van der Waals surface area contributed by atoms with Crippen molar-refractivity contribution in [1.82, 2.24) is 5.32 Å². The Morgan fingerprint density at radius 1 is 1.45 bits per heavy atom. The lowest BCUT2D eigenvalue weighted by atomic mass is 9.82. The summed E-state index contributed by atoms with van der Waals surface area (Å²) in [6.45, 7) is 4.05. The van der Waals surface area contributed by atoms with Crippen LogP contribution in [-0.4, -0.2) is 32.5 Å². The lowest BCUT2D eigenvalue weighted by molar-refractivity contribution is -0.111. The normalized spacial score (nSPS) is 19.8. The number of methoxy groups -OCH3 is 1. The second-order valence-corrected chi connectivity index (χ2v) is 5.44. The van der Waals surface area contributed by atoms with Gasteiger partial charge in [0.25, 0.3) is 0 Å². The van der Waals surface area contributed by atoms with Crippen LogP contribution in [0.4, 0.5) is 4.39 Å². The molecule has 3 nitrogen and oxygen atoms in total. The Morgan fingerprint density at radius 3 is 2.75 bits per heavy atom. The number of hydrogen-bond acceptors (Lipinski definition) is 3. The van der Waals surface area contributed by atoms with Crippen molar-refractivity contribution in [3.05, 3.63) is 34.6 Å². The molecule has 20 heavy (non-hydrogen) atoms. The summed E-state index contributed by atoms with van der Waals surface area (Å²) in [5.74, 6) is -0.286. The van der Waals surface area contributed by atoms with Crippen molar-refractivity contribution in [3.63, 3.8) is 0 Å². The van der Waals surface area contributed by atoms with E-state index in [1.807, 2.05) is 6.92 Å². The average molecular weight is 302 g/mol. The van der Waals surface area contributed by atoms with Crippen molar-refractivity contribution in [2.24, 2.45) is 0 Å². The number of rotatable bonds is 5. The first kappa shape index (κ1) is 15.7. The van der Waals surface area contributed by atoms with Crippen LogP contribution in [-0.2, 0) is 9.47 Å². The molecule has 5 heteroatoms. The van der Waals surface area contributed by atoms with Gasteiger partial charge in [0.2, 0.25) is 0 Å². The third kappa shape index (κ3) is 3.14. The predicted octanol–water partition coefficient (Wildman–Crippen LogP) is 3.33. The Morgan fingerprint density at radius 2 is 2.15 bits per heavy atom. The first-order valence-electron chi connectivity index (χ1n) is 6.94. The Balaban J connectivity index is 2.40. The van der Waals surface area contributed by atoms with Gasteiger partial charge in [0.05, 0.1) is 11.6 Å². The van der Waals surface area contributed by atoms with E-state index in [0.29, 0.717) is 18.2 Å². The monoisotopic (exact) mass is 301 g/mol. The molecule has 0 radical (unpaired) electrons. The third-order valence-electron chi connectivity index (χ3n) is 3.95. The molecule has 0 saturated carbocycles. The molecule has 1 aliphatic rings. The van der Waals surface area contributed by atoms with Gasteiger partial charge in [-0.05, 0) is 30.3 Å². The van der Waals surface area contributed by atoms with Crippen LogP contribution in [0.15, 0.2) is 18.2 Å². The summed E-state index contributed by atoms with van der Waals surface area (Å²) in [7, 11) is 1.70. The van der Waals surface area contributed by atoms with E-state index in [2.05, 4.69) is 5.32 Å². The highest BCUT2D eigenvalue weighted by Gasteiger charge is 2.42. The molecule has 1 aliphatic heterocycles. The Hall–Kier alpha value is -0.680. The van der Waals surface area contributed by atoms with E-state index in [4.69, 9.17) is 21.1 Å². The molecule has 112 valence electrons. The highest BCUT2D eigenvalue weighted by Crippen LogP contribution is 2.39. The summed E-state index contributed by atoms with van der Waals surface area (Å²) in [6, 6.07) is 4.31. The first-order chi connectivity index (χ1) is 9.63. The lowest BCUT2D eigenvalue weighted by Crippen LogP contribution is -2.49. The van der Waals surface area contributed by atoms with Gasteiger partial charge in [0.15, 0.2) is 0 Å². The highest BCUT2D eigenvalue weighted by atomic mass is 35.5. The van der Waals surface area contributed by atoms with Crippen molar-refractivity contribution < 1.29 is 13.9 Å². The number of ether oxygens (including phenoxy) is 2. The lowest BCUT2D eigenvalue weighted by Gasteiger charge is -2.43. The fraction of sp³-hybridized carbons (Fsp3) is 0.600. The van der Waals surface area contributed by atoms with E-state index in [-0.39, 0.29) is 11.9 Å². The molecule has 0 spiro atoms. The van der Waals surface area contributed by atoms with Gasteiger partial charge in [-0.2, -0.15) is 0 Å². The standard InChI is InChI=1S/C15H21ClFNO2/c1-3-18-14(12-10-11(17)4-5-13(12)16)15(19-2)6-8-20-9-7-15/h4-5,10,14,18H,3,6-9H2,1-2H3. The Labute approximate surface area is 124 Å². The van der Waals surface area contributed by atoms with Gasteiger partial charge in [-0.3, -0.25) is 0 Å². The number of halogens is 2. The molecule has 2 rings (SSSR count). The fourth-order valence-electron chi connectivity index (χ4n) is 2.85. The van der Waals surface area contributed by atoms with E-state index in [1.165, 1.54) is 12.1 Å². The molecule has 1 atom stereocenters. The van der Waals surface area contributed by atoms with Crippen LogP contribution in [0.5, 0.6) is 0 Å². The second kappa shape index (κ2) is 6.85. The minimum atomic E-state index is -0.411. The number of hydrogen-bond donors (Lipinski definition) is 1. The minimum absolute atomic E-state index is 0.149. The topological polar surface area (TPSA) is 30.5 Å². The third-order valence-corrected chi connectivity index (χ3v) is 4.29. The van der Waals surface area contributed by atoms with Gasteiger partial charge in [-0.15, -0.1) is 0 Å². The summed E-state index contributed by atoms with van der Waals surface area (Å²) >= 11 is 6.27. The van der Waals surface area contributed by atoms with Crippen LogP contribution in [0.2, 0.25) is 5.02 Å². The van der Waals surface area contributed by atoms with Crippen molar-refractivity contribution in [2.45, 2.75) is 31.4 Å². The summed E-state index contributed by atoms with van der Waals surface area (Å²) in [5.41, 5.74) is 0.336. The van der Waals surface area contributed by atoms with E-state index in [9.17, 15) is 4.39 Å². The highest BCUT2D eigenvalue weighted by molar-refractivity contribution is 6.31. The smallest absolute Gasteiger partial charge is 0.123 e. The van der Waals surface area contributed by atoms with Crippen molar-refractivity contribution >= 4 is 11.6 Å². The van der Waals surface area contributed by atoms with E-state index in [1.54, 1.807) is 13.2 Å². The molecular formula is C15H21ClFNO2. The molecule has 0 bridgehead atoms. The largest absolute Gasteiger partial charge is 0.381 e. The van der Waals surface area contributed by atoms with Crippen molar-refractivity contribution in [2.75, 3.05) is 26.9 Å². The van der Waals surface area contributed by atoms with E-state index >= 15 is 0 Å². The van der Waals surface area contributed by atoms with Gasteiger partial charge in [0, 0.05) is 38.2 Å². The molecule has 1 unspecified atom stereocenters. The molecular weight excluding hydrogens is 281 g/mol. The average Bonchev–Trinajstić information content (AvgIpc) is 2.48. The maximum absolute atomic E-state index is 13.6. The van der Waals surface area contributed by atoms with Crippen LogP contribution < -0.4 is 5.32 Å². The van der Waals surface area contributed by atoms with Crippen LogP contribution in [0.3, 0.4) is 0 Å². The zero-order valence-corrected chi connectivity index (χ0v) is 12.7. The second-order valence-electron chi connectivity index (χ2n) is 5.04. The molecule has 1 N–H and O–H groups in total. The predicted molar refractivity (Wildman–Crippen MR) is 77.6 cm³/mol. The van der Waals surface area contributed by atoms with Crippen molar-refractivity contribution in [1.29, 1.82) is 0 Å². The van der Waals surface area contributed by atoms with Crippen LogP contribution in [0.1, 0.15) is 31.4 Å². The van der Waals surface area contributed by atoms with Crippen LogP contribution in [0, 0.1) is 5.82 Å². The first-order valence-corrected chi connectivity index (χ1v) is 7.32. The summed E-state index contributed by atoms with van der Waals surface area (Å²) < 4.78 is 24.8. The molecule has 1 fully saturated rings. The molecule has 1 heterocycles. The van der Waals surface area contributed by atoms with Gasteiger partial charge < -0.3 is 14.8 Å². The van der Waals surface area contributed by atoms with Gasteiger partial charge in [0.1, 0.15) is 5.82 Å². The zero-order chi connectivity index (χ0) is 14.6. The van der Waals surface area contributed by atoms with Crippen LogP contribution in [0.25, 0.3) is 0 Å². The zero-order valence-electron chi connectivity index (χ0n) is 11.9. The van der Waals surface area contributed by atoms with Gasteiger partial charge >= 0.3 is 0 Å². The number of nitrogens with one attached hydrogen (secondary N) is 1. The minimum Gasteiger partial charge on any atom is -0.381 e. The Bertz CT molecular complexity index is 449. The molecule has 0 aromatic heterocycles. The summed E-state index contributed by atoms with van der Waals surface area (Å²) in [6.07, 6.45) is 1.52. The number of benzene rings is 1. The molecule has 1 aromatic carbocycles. The van der Waals surface area contributed by atoms with E-state index < -0.39 is 5.60 Å². The quantitative estimate of drug-likeness (QED) is 0.905. The van der Waals surface area contributed by atoms with Gasteiger partial charge in [-0.1, -0.05) is 18.5 Å². The van der Waals surface area contributed by atoms with Crippen LogP contribution >= 0.6 is 11.6 Å². The molecule has 0 amide bonds. The fourth-order valence-corrected chi connectivity index (χ4v) is 3.07. The summed E-state index contributed by atoms with van der Waals surface area (Å²) in [5, 5.41) is 3.95. The SMILES string of the molecule is CCNC(c1cc(F)ccc1Cl)C1(OC)CCOCC1. The molecule has 0 aliphatic carbocycles. The van der Waals surface area contributed by atoms with E-state index in [0.717, 1.165) is 24.9 Å². The summed E-state index contributed by atoms with van der Waals surface area (Å²) in [4.78, 5) is 0. The molecule has 1 saturated heterocycles. The van der Waals surface area contributed by atoms with Gasteiger partial charge in [-0.25, -0.2) is 4.39 Å². The number of likely N-dealkylation sites (N-methyl/N-ethyl adjacent to an activating group) is 1. The van der Waals surface area contributed by atoms with Crippen molar-refractivity contribution in [3.8, 4) is 0 Å².